The molecule has 1 aromatic carbocycles. The van der Waals surface area contributed by atoms with Gasteiger partial charge in [-0.3, -0.25) is 10.1 Å². The van der Waals surface area contributed by atoms with Gasteiger partial charge in [-0.25, -0.2) is 14.1 Å². The molecular formula is C19H17F4N7O3. The van der Waals surface area contributed by atoms with Gasteiger partial charge in [0.25, 0.3) is 0 Å². The third kappa shape index (κ3) is 4.49. The number of aryl methyl sites for hydroxylation is 1. The molecule has 0 amide bonds. The molecular weight excluding hydrogens is 450 g/mol. The molecule has 1 fully saturated rings. The minimum absolute atomic E-state index is 0.0450. The van der Waals surface area contributed by atoms with Gasteiger partial charge in [0.2, 0.25) is 11.7 Å². The number of hydrogen-bond donors (Lipinski definition) is 0. The summed E-state index contributed by atoms with van der Waals surface area (Å²) in [5, 5.41) is 15.1. The fourth-order valence-electron chi connectivity index (χ4n) is 3.47. The average molecular weight is 467 g/mol. The highest BCUT2D eigenvalue weighted by atomic mass is 19.4. The van der Waals surface area contributed by atoms with Gasteiger partial charge in [-0.05, 0) is 12.1 Å². The fourth-order valence-corrected chi connectivity index (χ4v) is 3.47. The Kier molecular flexibility index (Phi) is 5.74. The van der Waals surface area contributed by atoms with Gasteiger partial charge < -0.3 is 14.5 Å². The highest BCUT2D eigenvalue weighted by Crippen LogP contribution is 2.38. The Morgan fingerprint density at radius 3 is 2.36 bits per heavy atom. The first-order valence-corrected chi connectivity index (χ1v) is 9.68. The second-order valence-electron chi connectivity index (χ2n) is 7.12. The first-order chi connectivity index (χ1) is 15.6. The maximum atomic E-state index is 14.1. The van der Waals surface area contributed by atoms with Crippen molar-refractivity contribution in [2.45, 2.75) is 6.18 Å². The van der Waals surface area contributed by atoms with E-state index in [4.69, 9.17) is 4.74 Å². The van der Waals surface area contributed by atoms with Crippen molar-refractivity contribution in [1.82, 2.24) is 19.7 Å². The first kappa shape index (κ1) is 22.2. The zero-order chi connectivity index (χ0) is 23.8. The second kappa shape index (κ2) is 8.52. The normalized spacial score (nSPS) is 14.5. The molecule has 10 nitrogen and oxygen atoms in total. The highest BCUT2D eigenvalue weighted by Gasteiger charge is 2.36. The number of piperazine rings is 1. The number of ether oxygens (including phenoxy) is 1. The molecule has 14 heteroatoms. The number of nitro groups is 1. The van der Waals surface area contributed by atoms with E-state index in [-0.39, 0.29) is 30.6 Å². The van der Waals surface area contributed by atoms with Gasteiger partial charge in [-0.1, -0.05) is 12.1 Å². The van der Waals surface area contributed by atoms with E-state index < -0.39 is 28.4 Å². The predicted octanol–water partition coefficient (Wildman–Crippen LogP) is 3.40. The van der Waals surface area contributed by atoms with Gasteiger partial charge in [0, 0.05) is 39.3 Å². The van der Waals surface area contributed by atoms with E-state index in [2.05, 4.69) is 15.1 Å². The van der Waals surface area contributed by atoms with Gasteiger partial charge in [-0.15, -0.1) is 0 Å². The molecule has 4 rings (SSSR count). The fraction of sp³-hybridized carbons (Fsp3) is 0.316. The second-order valence-corrected chi connectivity index (χ2v) is 7.12. The quantitative estimate of drug-likeness (QED) is 0.320. The maximum absolute atomic E-state index is 14.1. The van der Waals surface area contributed by atoms with Gasteiger partial charge in [-0.2, -0.15) is 23.3 Å². The van der Waals surface area contributed by atoms with Crippen LogP contribution in [-0.2, 0) is 13.2 Å². The van der Waals surface area contributed by atoms with Crippen LogP contribution in [0.25, 0.3) is 0 Å². The lowest BCUT2D eigenvalue weighted by Crippen LogP contribution is -2.47. The van der Waals surface area contributed by atoms with Crippen molar-refractivity contribution in [3.63, 3.8) is 0 Å². The third-order valence-corrected chi connectivity index (χ3v) is 5.05. The standard InChI is InChI=1S/C19H17F4N7O3/c1-27-15(10-14(26-27)19(21,22)23)33-18-16(30(31)32)17(24-11-25-18)29-8-6-28(7-9-29)13-5-3-2-4-12(13)20/h2-5,10-11H,6-9H2,1H3. The van der Waals surface area contributed by atoms with Crippen molar-refractivity contribution >= 4 is 17.2 Å². The summed E-state index contributed by atoms with van der Waals surface area (Å²) in [5.41, 5.74) is -1.37. The lowest BCUT2D eigenvalue weighted by Gasteiger charge is -2.36. The van der Waals surface area contributed by atoms with Crippen LogP contribution in [0.1, 0.15) is 5.69 Å². The van der Waals surface area contributed by atoms with E-state index in [9.17, 15) is 27.7 Å². The van der Waals surface area contributed by atoms with Gasteiger partial charge in [0.05, 0.1) is 10.6 Å². The number of benzene rings is 1. The zero-order valence-corrected chi connectivity index (χ0v) is 17.2. The van der Waals surface area contributed by atoms with Crippen LogP contribution in [0.5, 0.6) is 11.8 Å². The van der Waals surface area contributed by atoms with E-state index in [0.29, 0.717) is 24.8 Å². The molecule has 3 aromatic rings. The van der Waals surface area contributed by atoms with E-state index >= 15 is 0 Å². The third-order valence-electron chi connectivity index (χ3n) is 5.05. The summed E-state index contributed by atoms with van der Waals surface area (Å²) in [6, 6.07) is 6.92. The number of hydrogen-bond acceptors (Lipinski definition) is 8. The minimum Gasteiger partial charge on any atom is -0.415 e. The molecule has 0 unspecified atom stereocenters. The summed E-state index contributed by atoms with van der Waals surface area (Å²) in [4.78, 5) is 22.2. The zero-order valence-electron chi connectivity index (χ0n) is 17.2. The molecule has 0 aliphatic carbocycles. The van der Waals surface area contributed by atoms with Crippen molar-refractivity contribution in [2.24, 2.45) is 7.05 Å². The number of para-hydroxylation sites is 1. The lowest BCUT2D eigenvalue weighted by molar-refractivity contribution is -0.385. The Bertz CT molecular complexity index is 1180. The summed E-state index contributed by atoms with van der Waals surface area (Å²) in [6.07, 6.45) is -3.68. The van der Waals surface area contributed by atoms with Crippen LogP contribution < -0.4 is 14.5 Å². The maximum Gasteiger partial charge on any atom is 0.435 e. The molecule has 174 valence electrons. The summed E-state index contributed by atoms with van der Waals surface area (Å²) in [5.74, 6) is -1.31. The molecule has 3 heterocycles. The van der Waals surface area contributed by atoms with Crippen molar-refractivity contribution in [2.75, 3.05) is 36.0 Å². The summed E-state index contributed by atoms with van der Waals surface area (Å²) < 4.78 is 59.0. The van der Waals surface area contributed by atoms with Crippen LogP contribution in [0.4, 0.5) is 34.8 Å². The minimum atomic E-state index is -4.71. The van der Waals surface area contributed by atoms with E-state index in [1.54, 1.807) is 23.1 Å². The number of nitrogens with zero attached hydrogens (tertiary/aromatic N) is 7. The summed E-state index contributed by atoms with van der Waals surface area (Å²) in [6.45, 7) is 1.31. The molecule has 2 aromatic heterocycles. The molecule has 0 saturated carbocycles. The van der Waals surface area contributed by atoms with Crippen LogP contribution in [0.2, 0.25) is 0 Å². The van der Waals surface area contributed by atoms with Crippen molar-refractivity contribution in [1.29, 1.82) is 0 Å². The average Bonchev–Trinajstić information content (AvgIpc) is 3.15. The van der Waals surface area contributed by atoms with Gasteiger partial charge in [0.1, 0.15) is 12.1 Å². The highest BCUT2D eigenvalue weighted by molar-refractivity contribution is 5.64. The molecule has 0 bridgehead atoms. The first-order valence-electron chi connectivity index (χ1n) is 9.68. The largest absolute Gasteiger partial charge is 0.435 e. The number of halogens is 4. The number of anilines is 2. The molecule has 0 N–H and O–H groups in total. The Morgan fingerprint density at radius 2 is 1.76 bits per heavy atom. The summed E-state index contributed by atoms with van der Waals surface area (Å²) in [7, 11) is 1.21. The Labute approximate surface area is 184 Å². The molecule has 1 saturated heterocycles. The van der Waals surface area contributed by atoms with E-state index in [1.807, 2.05) is 4.90 Å². The van der Waals surface area contributed by atoms with Crippen molar-refractivity contribution in [3.8, 4) is 11.8 Å². The number of rotatable bonds is 5. The molecule has 1 aliphatic rings. The van der Waals surface area contributed by atoms with Crippen LogP contribution in [0.3, 0.4) is 0 Å². The van der Waals surface area contributed by atoms with Crippen LogP contribution in [0.15, 0.2) is 36.7 Å². The molecule has 0 radical (unpaired) electrons. The SMILES string of the molecule is Cn1nc(C(F)(F)F)cc1Oc1ncnc(N2CCN(c3ccccc3F)CC2)c1[N+](=O)[O-]. The monoisotopic (exact) mass is 467 g/mol. The van der Waals surface area contributed by atoms with Crippen molar-refractivity contribution < 1.29 is 27.2 Å². The molecule has 0 atom stereocenters. The van der Waals surface area contributed by atoms with Crippen LogP contribution in [-0.4, -0.2) is 50.9 Å². The Hall–Kier alpha value is -3.97. The van der Waals surface area contributed by atoms with Crippen LogP contribution in [0, 0.1) is 15.9 Å². The van der Waals surface area contributed by atoms with E-state index in [0.717, 1.165) is 11.0 Å². The number of aromatic nitrogens is 4. The lowest BCUT2D eigenvalue weighted by atomic mass is 10.2. The Balaban J connectivity index is 1.59. The molecule has 0 spiro atoms. The predicted molar refractivity (Wildman–Crippen MR) is 108 cm³/mol. The smallest absolute Gasteiger partial charge is 0.415 e. The molecule has 33 heavy (non-hydrogen) atoms. The van der Waals surface area contributed by atoms with E-state index in [1.165, 1.54) is 13.1 Å². The summed E-state index contributed by atoms with van der Waals surface area (Å²) >= 11 is 0. The molecule has 1 aliphatic heterocycles. The van der Waals surface area contributed by atoms with Gasteiger partial charge >= 0.3 is 17.7 Å². The van der Waals surface area contributed by atoms with Crippen LogP contribution >= 0.6 is 0 Å². The topological polar surface area (TPSA) is 102 Å². The number of alkyl halides is 3. The van der Waals surface area contributed by atoms with Gasteiger partial charge in [0.15, 0.2) is 5.69 Å². The Morgan fingerprint density at radius 1 is 1.09 bits per heavy atom. The van der Waals surface area contributed by atoms with Crippen molar-refractivity contribution in [3.05, 3.63) is 58.3 Å².